The van der Waals surface area contributed by atoms with Gasteiger partial charge in [0.05, 0.1) is 11.4 Å². The SMILES string of the molecule is C=C/C=C(/C(=C)Nc1ccc2cc(-c3cccnc3C(F)(F)F)[nH]c2n1)N(C)C. The molecule has 0 amide bonds. The summed E-state index contributed by atoms with van der Waals surface area (Å²) in [6, 6.07) is 7.98. The zero-order valence-corrected chi connectivity index (χ0v) is 16.0. The van der Waals surface area contributed by atoms with Gasteiger partial charge in [0.15, 0.2) is 5.69 Å². The van der Waals surface area contributed by atoms with Gasteiger partial charge in [-0.3, -0.25) is 4.98 Å². The van der Waals surface area contributed by atoms with Crippen LogP contribution < -0.4 is 5.32 Å². The van der Waals surface area contributed by atoms with Crippen LogP contribution in [0, 0.1) is 0 Å². The molecule has 2 N–H and O–H groups in total. The highest BCUT2D eigenvalue weighted by molar-refractivity contribution is 5.85. The fourth-order valence-corrected chi connectivity index (χ4v) is 2.92. The Kier molecular flexibility index (Phi) is 5.45. The van der Waals surface area contributed by atoms with Crippen molar-refractivity contribution < 1.29 is 13.2 Å². The lowest BCUT2D eigenvalue weighted by Crippen LogP contribution is -2.16. The average molecular weight is 399 g/mol. The van der Waals surface area contributed by atoms with Crippen LogP contribution in [0.2, 0.25) is 0 Å². The highest BCUT2D eigenvalue weighted by Gasteiger charge is 2.35. The van der Waals surface area contributed by atoms with Crippen LogP contribution in [-0.4, -0.2) is 33.9 Å². The molecule has 0 radical (unpaired) electrons. The number of hydrogen-bond donors (Lipinski definition) is 2. The minimum Gasteiger partial charge on any atom is -0.376 e. The molecule has 0 aromatic carbocycles. The minimum atomic E-state index is -4.55. The van der Waals surface area contributed by atoms with Crippen molar-refractivity contribution in [3.63, 3.8) is 0 Å². The van der Waals surface area contributed by atoms with Gasteiger partial charge in [0, 0.05) is 36.9 Å². The van der Waals surface area contributed by atoms with Crippen molar-refractivity contribution in [3.05, 3.63) is 78.9 Å². The Morgan fingerprint density at radius 1 is 1.24 bits per heavy atom. The number of anilines is 1. The lowest BCUT2D eigenvalue weighted by Gasteiger charge is -2.20. The summed E-state index contributed by atoms with van der Waals surface area (Å²) in [6.45, 7) is 7.70. The second-order valence-electron chi connectivity index (χ2n) is 6.50. The standard InChI is InChI=1S/C21H20F3N5/c1-5-7-17(29(3)4)13(2)26-18-10-9-14-12-16(27-20(14)28-18)15-8-6-11-25-19(15)21(22,23)24/h5-12H,1-2H2,3-4H3,(H2,26,27,28)/b17-7-. The molecule has 150 valence electrons. The molecule has 3 rings (SSSR count). The number of nitrogens with zero attached hydrogens (tertiary/aromatic N) is 3. The van der Waals surface area contributed by atoms with Crippen LogP contribution in [0.1, 0.15) is 5.69 Å². The number of fused-ring (bicyclic) bond motifs is 1. The van der Waals surface area contributed by atoms with Gasteiger partial charge in [-0.05, 0) is 36.4 Å². The molecule has 8 heteroatoms. The summed E-state index contributed by atoms with van der Waals surface area (Å²) in [5, 5.41) is 3.79. The molecule has 0 unspecified atom stereocenters. The van der Waals surface area contributed by atoms with E-state index in [-0.39, 0.29) is 5.56 Å². The number of halogens is 3. The summed E-state index contributed by atoms with van der Waals surface area (Å²) < 4.78 is 39.8. The van der Waals surface area contributed by atoms with Gasteiger partial charge in [0.25, 0.3) is 0 Å². The Morgan fingerprint density at radius 2 is 2.00 bits per heavy atom. The molecular weight excluding hydrogens is 379 g/mol. The Labute approximate surface area is 166 Å². The summed E-state index contributed by atoms with van der Waals surface area (Å²) in [5.74, 6) is 0.509. The smallest absolute Gasteiger partial charge is 0.376 e. The molecular formula is C21H20F3N5. The number of pyridine rings is 2. The van der Waals surface area contributed by atoms with Crippen molar-refractivity contribution in [3.8, 4) is 11.3 Å². The van der Waals surface area contributed by atoms with E-state index in [9.17, 15) is 13.2 Å². The minimum absolute atomic E-state index is 0.0271. The monoisotopic (exact) mass is 399 g/mol. The highest BCUT2D eigenvalue weighted by atomic mass is 19.4. The van der Waals surface area contributed by atoms with Crippen LogP contribution in [0.4, 0.5) is 19.0 Å². The molecule has 29 heavy (non-hydrogen) atoms. The van der Waals surface area contributed by atoms with E-state index in [4.69, 9.17) is 0 Å². The zero-order valence-electron chi connectivity index (χ0n) is 16.0. The number of H-pyrrole nitrogens is 1. The van der Waals surface area contributed by atoms with Gasteiger partial charge in [-0.1, -0.05) is 19.2 Å². The van der Waals surface area contributed by atoms with E-state index >= 15 is 0 Å². The molecule has 0 bridgehead atoms. The van der Waals surface area contributed by atoms with Gasteiger partial charge >= 0.3 is 6.18 Å². The predicted octanol–water partition coefficient (Wildman–Crippen LogP) is 5.20. The highest BCUT2D eigenvalue weighted by Crippen LogP contribution is 2.36. The van der Waals surface area contributed by atoms with E-state index in [0.717, 1.165) is 11.9 Å². The largest absolute Gasteiger partial charge is 0.434 e. The van der Waals surface area contributed by atoms with E-state index in [0.29, 0.717) is 28.2 Å². The molecule has 0 fully saturated rings. The predicted molar refractivity (Wildman–Crippen MR) is 109 cm³/mol. The molecule has 0 atom stereocenters. The van der Waals surface area contributed by atoms with Gasteiger partial charge in [-0.2, -0.15) is 13.2 Å². The lowest BCUT2D eigenvalue weighted by molar-refractivity contribution is -0.140. The summed E-state index contributed by atoms with van der Waals surface area (Å²) in [4.78, 5) is 12.8. The van der Waals surface area contributed by atoms with Crippen LogP contribution in [0.3, 0.4) is 0 Å². The maximum absolute atomic E-state index is 13.3. The Morgan fingerprint density at radius 3 is 2.66 bits per heavy atom. The van der Waals surface area contributed by atoms with Crippen LogP contribution in [0.15, 0.2) is 73.2 Å². The normalized spacial score (nSPS) is 12.1. The van der Waals surface area contributed by atoms with Crippen molar-refractivity contribution >= 4 is 16.9 Å². The van der Waals surface area contributed by atoms with Gasteiger partial charge < -0.3 is 15.2 Å². The van der Waals surface area contributed by atoms with Crippen molar-refractivity contribution in [1.29, 1.82) is 0 Å². The number of allylic oxidation sites excluding steroid dienone is 2. The summed E-state index contributed by atoms with van der Waals surface area (Å²) in [5.41, 5.74) is 1.21. The van der Waals surface area contributed by atoms with Crippen LogP contribution >= 0.6 is 0 Å². The fraction of sp³-hybridized carbons (Fsp3) is 0.143. The van der Waals surface area contributed by atoms with E-state index in [2.05, 4.69) is 33.4 Å². The topological polar surface area (TPSA) is 56.8 Å². The average Bonchev–Trinajstić information content (AvgIpc) is 3.08. The summed E-state index contributed by atoms with van der Waals surface area (Å²) >= 11 is 0. The number of nitrogens with one attached hydrogen (secondary N) is 2. The van der Waals surface area contributed by atoms with E-state index in [1.54, 1.807) is 24.3 Å². The Bertz CT molecular complexity index is 1090. The maximum Gasteiger partial charge on any atom is 0.434 e. The molecule has 0 saturated carbocycles. The molecule has 3 aromatic heterocycles. The van der Waals surface area contributed by atoms with E-state index in [1.807, 2.05) is 25.1 Å². The first-order valence-electron chi connectivity index (χ1n) is 8.69. The second-order valence-corrected chi connectivity index (χ2v) is 6.50. The molecule has 3 aromatic rings. The maximum atomic E-state index is 13.3. The number of alkyl halides is 3. The number of aromatic amines is 1. The third-order valence-corrected chi connectivity index (χ3v) is 4.19. The van der Waals surface area contributed by atoms with Crippen molar-refractivity contribution in [2.45, 2.75) is 6.18 Å². The van der Waals surface area contributed by atoms with E-state index < -0.39 is 11.9 Å². The first kappa shape index (κ1) is 20.2. The van der Waals surface area contributed by atoms with Gasteiger partial charge in [0.1, 0.15) is 11.5 Å². The van der Waals surface area contributed by atoms with Crippen LogP contribution in [0.25, 0.3) is 22.3 Å². The van der Waals surface area contributed by atoms with Gasteiger partial charge in [0.2, 0.25) is 0 Å². The molecule has 0 aliphatic heterocycles. The molecule has 0 aliphatic rings. The number of aromatic nitrogens is 3. The second kappa shape index (κ2) is 7.83. The third kappa shape index (κ3) is 4.31. The van der Waals surface area contributed by atoms with Crippen molar-refractivity contribution in [1.82, 2.24) is 19.9 Å². The van der Waals surface area contributed by atoms with E-state index in [1.165, 1.54) is 12.1 Å². The Hall–Kier alpha value is -3.55. The number of hydrogen-bond acceptors (Lipinski definition) is 4. The van der Waals surface area contributed by atoms with Gasteiger partial charge in [-0.25, -0.2) is 4.98 Å². The molecule has 3 heterocycles. The summed E-state index contributed by atoms with van der Waals surface area (Å²) in [6.07, 6.45) is 0.0374. The molecule has 0 spiro atoms. The first-order valence-corrected chi connectivity index (χ1v) is 8.69. The third-order valence-electron chi connectivity index (χ3n) is 4.19. The quantitative estimate of drug-likeness (QED) is 0.560. The molecule has 0 saturated heterocycles. The van der Waals surface area contributed by atoms with Crippen molar-refractivity contribution in [2.75, 3.05) is 19.4 Å². The molecule has 5 nitrogen and oxygen atoms in total. The van der Waals surface area contributed by atoms with Crippen molar-refractivity contribution in [2.24, 2.45) is 0 Å². The number of likely N-dealkylation sites (N-methyl/N-ethyl adjacent to an activating group) is 1. The fourth-order valence-electron chi connectivity index (χ4n) is 2.92. The Balaban J connectivity index is 1.95. The number of rotatable bonds is 6. The van der Waals surface area contributed by atoms with Crippen LogP contribution in [-0.2, 0) is 6.18 Å². The lowest BCUT2D eigenvalue weighted by atomic mass is 10.1. The van der Waals surface area contributed by atoms with Gasteiger partial charge in [-0.15, -0.1) is 0 Å². The summed E-state index contributed by atoms with van der Waals surface area (Å²) in [7, 11) is 3.75. The first-order chi connectivity index (χ1) is 13.7. The zero-order chi connectivity index (χ0) is 21.2. The molecule has 0 aliphatic carbocycles. The van der Waals surface area contributed by atoms with Crippen LogP contribution in [0.5, 0.6) is 0 Å².